The van der Waals surface area contributed by atoms with E-state index in [0.717, 1.165) is 0 Å². The van der Waals surface area contributed by atoms with Crippen LogP contribution >= 0.6 is 0 Å². The third-order valence-corrected chi connectivity index (χ3v) is 4.49. The highest BCUT2D eigenvalue weighted by Crippen LogP contribution is 2.45. The summed E-state index contributed by atoms with van der Waals surface area (Å²) in [5.41, 5.74) is 1.20. The summed E-state index contributed by atoms with van der Waals surface area (Å²) in [7, 11) is 0. The maximum absolute atomic E-state index is 14.3. The molecular weight excluding hydrogens is 349 g/mol. The van der Waals surface area contributed by atoms with Gasteiger partial charge in [-0.25, -0.2) is 9.97 Å². The molecular formula is C22H15F3N2. The third kappa shape index (κ3) is 3.05. The summed E-state index contributed by atoms with van der Waals surface area (Å²) in [4.78, 5) is 8.59. The summed E-state index contributed by atoms with van der Waals surface area (Å²) in [6.07, 6.45) is -3.00. The minimum atomic E-state index is -4.57. The van der Waals surface area contributed by atoms with Crippen LogP contribution in [-0.2, 0) is 6.18 Å². The molecule has 0 spiro atoms. The summed E-state index contributed by atoms with van der Waals surface area (Å²) >= 11 is 0. The van der Waals surface area contributed by atoms with Gasteiger partial charge in [0.25, 0.3) is 0 Å². The number of fused-ring (bicyclic) bond motifs is 1. The van der Waals surface area contributed by atoms with Gasteiger partial charge in [-0.05, 0) is 24.1 Å². The molecule has 0 N–H and O–H groups in total. The van der Waals surface area contributed by atoms with Crippen LogP contribution in [0.4, 0.5) is 13.2 Å². The number of aryl methyl sites for hydroxylation is 1. The predicted molar refractivity (Wildman–Crippen MR) is 100 cm³/mol. The SMILES string of the molecule is Cc1ccnc2nc(-c3ccccc3)c(C(F)(F)F)c(-c3ccccc3)c12. The zero-order valence-electron chi connectivity index (χ0n) is 14.5. The molecule has 5 heteroatoms. The van der Waals surface area contributed by atoms with E-state index in [1.165, 1.54) is 0 Å². The fraction of sp³-hybridized carbons (Fsp3) is 0.0909. The summed E-state index contributed by atoms with van der Waals surface area (Å²) in [6.45, 7) is 1.78. The van der Waals surface area contributed by atoms with Crippen molar-refractivity contribution in [3.05, 3.63) is 84.1 Å². The highest BCUT2D eigenvalue weighted by Gasteiger charge is 2.39. The Labute approximate surface area is 154 Å². The molecule has 0 amide bonds. The first kappa shape index (κ1) is 17.2. The lowest BCUT2D eigenvalue weighted by atomic mass is 9.91. The minimum absolute atomic E-state index is 0.104. The lowest BCUT2D eigenvalue weighted by Crippen LogP contribution is -2.12. The van der Waals surface area contributed by atoms with Gasteiger partial charge in [-0.1, -0.05) is 60.7 Å². The second-order valence-electron chi connectivity index (χ2n) is 6.27. The van der Waals surface area contributed by atoms with Crippen LogP contribution in [0, 0.1) is 6.92 Å². The Morgan fingerprint density at radius 3 is 1.96 bits per heavy atom. The van der Waals surface area contributed by atoms with Crippen LogP contribution in [0.1, 0.15) is 11.1 Å². The van der Waals surface area contributed by atoms with Gasteiger partial charge in [-0.3, -0.25) is 0 Å². The first-order valence-electron chi connectivity index (χ1n) is 8.44. The number of hydrogen-bond acceptors (Lipinski definition) is 2. The van der Waals surface area contributed by atoms with Crippen molar-refractivity contribution in [2.45, 2.75) is 13.1 Å². The van der Waals surface area contributed by atoms with Gasteiger partial charge in [-0.2, -0.15) is 13.2 Å². The molecule has 0 unspecified atom stereocenters. The van der Waals surface area contributed by atoms with Crippen molar-refractivity contribution >= 4 is 11.0 Å². The highest BCUT2D eigenvalue weighted by molar-refractivity contribution is 5.99. The van der Waals surface area contributed by atoms with Crippen LogP contribution in [0.2, 0.25) is 0 Å². The predicted octanol–water partition coefficient (Wildman–Crippen LogP) is 6.29. The molecule has 2 aromatic carbocycles. The molecule has 2 aromatic heterocycles. The van der Waals surface area contributed by atoms with E-state index in [1.807, 2.05) is 0 Å². The van der Waals surface area contributed by atoms with E-state index >= 15 is 0 Å². The molecule has 2 heterocycles. The molecule has 4 rings (SSSR count). The van der Waals surface area contributed by atoms with Crippen molar-refractivity contribution in [3.8, 4) is 22.4 Å². The molecule has 0 aliphatic carbocycles. The molecule has 0 saturated heterocycles. The first-order valence-corrected chi connectivity index (χ1v) is 8.44. The van der Waals surface area contributed by atoms with Gasteiger partial charge < -0.3 is 0 Å². The number of nitrogens with zero attached hydrogens (tertiary/aromatic N) is 2. The molecule has 4 aromatic rings. The Morgan fingerprint density at radius 1 is 0.778 bits per heavy atom. The standard InChI is InChI=1S/C22H15F3N2/c1-14-12-13-26-21-17(14)18(15-8-4-2-5-9-15)19(22(23,24)25)20(27-21)16-10-6-3-7-11-16/h2-13H,1H3. The van der Waals surface area contributed by atoms with Crippen LogP contribution in [0.25, 0.3) is 33.4 Å². The summed E-state index contributed by atoms with van der Waals surface area (Å²) in [5.74, 6) is 0. The van der Waals surface area contributed by atoms with Crippen LogP contribution in [0.5, 0.6) is 0 Å². The Morgan fingerprint density at radius 2 is 1.37 bits per heavy atom. The summed E-state index contributed by atoms with van der Waals surface area (Å²) in [5, 5.41) is 0.427. The number of aromatic nitrogens is 2. The maximum atomic E-state index is 14.3. The van der Waals surface area contributed by atoms with Crippen molar-refractivity contribution < 1.29 is 13.2 Å². The normalized spacial score (nSPS) is 11.7. The number of halogens is 3. The molecule has 27 heavy (non-hydrogen) atoms. The van der Waals surface area contributed by atoms with E-state index < -0.39 is 11.7 Å². The summed E-state index contributed by atoms with van der Waals surface area (Å²) < 4.78 is 42.8. The first-order chi connectivity index (χ1) is 13.0. The van der Waals surface area contributed by atoms with Crippen molar-refractivity contribution in [1.29, 1.82) is 0 Å². The van der Waals surface area contributed by atoms with Gasteiger partial charge in [-0.15, -0.1) is 0 Å². The fourth-order valence-electron chi connectivity index (χ4n) is 3.32. The van der Waals surface area contributed by atoms with Crippen LogP contribution < -0.4 is 0 Å². The van der Waals surface area contributed by atoms with Gasteiger partial charge in [0.05, 0.1) is 11.3 Å². The van der Waals surface area contributed by atoms with Gasteiger partial charge in [0.1, 0.15) is 0 Å². The van der Waals surface area contributed by atoms with Crippen LogP contribution in [0.15, 0.2) is 72.9 Å². The number of hydrogen-bond donors (Lipinski definition) is 0. The van der Waals surface area contributed by atoms with Gasteiger partial charge >= 0.3 is 6.18 Å². The average molecular weight is 364 g/mol. The zero-order valence-corrected chi connectivity index (χ0v) is 14.5. The quantitative estimate of drug-likeness (QED) is 0.418. The Kier molecular flexibility index (Phi) is 4.15. The van der Waals surface area contributed by atoms with Gasteiger partial charge in [0.2, 0.25) is 0 Å². The van der Waals surface area contributed by atoms with Gasteiger partial charge in [0.15, 0.2) is 5.65 Å². The molecule has 2 nitrogen and oxygen atoms in total. The molecule has 0 saturated carbocycles. The highest BCUT2D eigenvalue weighted by atomic mass is 19.4. The maximum Gasteiger partial charge on any atom is 0.419 e. The third-order valence-electron chi connectivity index (χ3n) is 4.49. The van der Waals surface area contributed by atoms with E-state index in [2.05, 4.69) is 9.97 Å². The molecule has 0 aliphatic rings. The smallest absolute Gasteiger partial charge is 0.237 e. The Bertz CT molecular complexity index is 1110. The lowest BCUT2D eigenvalue weighted by molar-refractivity contribution is -0.136. The number of pyridine rings is 2. The van der Waals surface area contributed by atoms with Crippen molar-refractivity contribution in [2.75, 3.05) is 0 Å². The largest absolute Gasteiger partial charge is 0.419 e. The van der Waals surface area contributed by atoms with E-state index in [9.17, 15) is 13.2 Å². The van der Waals surface area contributed by atoms with Gasteiger partial charge in [0, 0.05) is 22.7 Å². The van der Waals surface area contributed by atoms with E-state index in [4.69, 9.17) is 0 Å². The fourth-order valence-corrected chi connectivity index (χ4v) is 3.32. The zero-order chi connectivity index (χ0) is 19.0. The number of benzene rings is 2. The molecule has 0 aliphatic heterocycles. The number of rotatable bonds is 2. The summed E-state index contributed by atoms with van der Waals surface area (Å²) in [6, 6.07) is 18.8. The second kappa shape index (κ2) is 6.50. The van der Waals surface area contributed by atoms with Crippen LogP contribution in [0.3, 0.4) is 0 Å². The lowest BCUT2D eigenvalue weighted by Gasteiger charge is -2.20. The second-order valence-corrected chi connectivity index (χ2v) is 6.27. The van der Waals surface area contributed by atoms with Crippen molar-refractivity contribution in [2.24, 2.45) is 0 Å². The molecule has 134 valence electrons. The molecule has 0 fully saturated rings. The minimum Gasteiger partial charge on any atom is -0.237 e. The Balaban J connectivity index is 2.23. The monoisotopic (exact) mass is 364 g/mol. The number of alkyl halides is 3. The van der Waals surface area contributed by atoms with Crippen LogP contribution in [-0.4, -0.2) is 9.97 Å². The average Bonchev–Trinajstić information content (AvgIpc) is 2.67. The molecule has 0 bridgehead atoms. The van der Waals surface area contributed by atoms with E-state index in [-0.39, 0.29) is 11.3 Å². The molecule has 0 radical (unpaired) electrons. The Hall–Kier alpha value is -3.21. The van der Waals surface area contributed by atoms with Crippen molar-refractivity contribution in [1.82, 2.24) is 9.97 Å². The molecule has 0 atom stereocenters. The van der Waals surface area contributed by atoms with Crippen molar-refractivity contribution in [3.63, 3.8) is 0 Å². The van der Waals surface area contributed by atoms with E-state index in [1.54, 1.807) is 79.9 Å². The van der Waals surface area contributed by atoms with E-state index in [0.29, 0.717) is 27.7 Å². The topological polar surface area (TPSA) is 25.8 Å².